The Bertz CT molecular complexity index is 1060. The summed E-state index contributed by atoms with van der Waals surface area (Å²) in [5.74, 6) is -1.25. The largest absolute Gasteiger partial charge is 0.481 e. The predicted octanol–water partition coefficient (Wildman–Crippen LogP) is 4.80. The van der Waals surface area contributed by atoms with Crippen molar-refractivity contribution < 1.29 is 24.2 Å². The molecule has 0 radical (unpaired) electrons. The van der Waals surface area contributed by atoms with Gasteiger partial charge in [0, 0.05) is 18.5 Å². The van der Waals surface area contributed by atoms with Crippen molar-refractivity contribution in [3.8, 4) is 11.1 Å². The van der Waals surface area contributed by atoms with Crippen LogP contribution < -0.4 is 5.32 Å². The number of alkyl carbamates (subject to hydrolysis) is 1. The first kappa shape index (κ1) is 24.8. The quantitative estimate of drug-likeness (QED) is 0.622. The van der Waals surface area contributed by atoms with Crippen LogP contribution in [0.25, 0.3) is 11.1 Å². The van der Waals surface area contributed by atoms with Crippen molar-refractivity contribution in [1.29, 1.82) is 0 Å². The van der Waals surface area contributed by atoms with Gasteiger partial charge in [0.25, 0.3) is 0 Å². The van der Waals surface area contributed by atoms with E-state index in [1.165, 1.54) is 0 Å². The van der Waals surface area contributed by atoms with Gasteiger partial charge in [-0.15, -0.1) is 0 Å². The molecule has 0 bridgehead atoms. The lowest BCUT2D eigenvalue weighted by Crippen LogP contribution is -2.58. The highest BCUT2D eigenvalue weighted by molar-refractivity contribution is 5.87. The van der Waals surface area contributed by atoms with Crippen LogP contribution in [0.15, 0.2) is 48.5 Å². The number of carbonyl (C=O) groups excluding carboxylic acids is 2. The summed E-state index contributed by atoms with van der Waals surface area (Å²) in [6, 6.07) is 15.1. The van der Waals surface area contributed by atoms with Crippen molar-refractivity contribution in [3.63, 3.8) is 0 Å². The van der Waals surface area contributed by atoms with Crippen molar-refractivity contribution >= 4 is 18.0 Å². The van der Waals surface area contributed by atoms with Crippen molar-refractivity contribution in [2.75, 3.05) is 13.2 Å². The van der Waals surface area contributed by atoms with Crippen molar-refractivity contribution in [3.05, 3.63) is 59.7 Å². The average Bonchev–Trinajstić information content (AvgIpc) is 3.14. The molecule has 1 fully saturated rings. The van der Waals surface area contributed by atoms with Crippen molar-refractivity contribution in [2.45, 2.75) is 64.5 Å². The molecule has 7 nitrogen and oxygen atoms in total. The topological polar surface area (TPSA) is 95.9 Å². The third-order valence-corrected chi connectivity index (χ3v) is 7.04. The lowest BCUT2D eigenvalue weighted by molar-refractivity contribution is -0.144. The molecule has 0 aromatic heterocycles. The summed E-state index contributed by atoms with van der Waals surface area (Å²) in [7, 11) is 0. The lowest BCUT2D eigenvalue weighted by atomic mass is 9.84. The van der Waals surface area contributed by atoms with Gasteiger partial charge in [-0.2, -0.15) is 0 Å². The summed E-state index contributed by atoms with van der Waals surface area (Å²) in [6.45, 7) is 6.31. The number of ether oxygens (including phenoxy) is 1. The Hall–Kier alpha value is -3.35. The summed E-state index contributed by atoms with van der Waals surface area (Å²) in [6.07, 6.45) is 1.63. The number of aliphatic carboxylic acids is 1. The van der Waals surface area contributed by atoms with Crippen LogP contribution in [0.1, 0.15) is 63.5 Å². The number of carbonyl (C=O) groups is 3. The fourth-order valence-electron chi connectivity index (χ4n) is 5.28. The van der Waals surface area contributed by atoms with Crippen LogP contribution in [0.2, 0.25) is 0 Å². The second-order valence-electron chi connectivity index (χ2n) is 10.5. The van der Waals surface area contributed by atoms with Gasteiger partial charge in [0.1, 0.15) is 12.6 Å². The number of nitrogens with one attached hydrogen (secondary N) is 1. The molecule has 186 valence electrons. The number of fused-ring (bicyclic) bond motifs is 3. The second-order valence-corrected chi connectivity index (χ2v) is 10.5. The molecule has 2 atom stereocenters. The maximum Gasteiger partial charge on any atom is 0.407 e. The van der Waals surface area contributed by atoms with E-state index >= 15 is 0 Å². The number of benzene rings is 2. The number of hydrogen-bond donors (Lipinski definition) is 2. The molecular formula is C28H34N2O5. The van der Waals surface area contributed by atoms with E-state index in [1.54, 1.807) is 4.90 Å². The SMILES string of the molecule is CC(C)(C)[C@H](NC(=O)OCC1c2ccccc2-c2ccccc21)C(=O)N1CCCCC1CC(=O)O. The van der Waals surface area contributed by atoms with Gasteiger partial charge in [-0.05, 0) is 46.9 Å². The highest BCUT2D eigenvalue weighted by Gasteiger charge is 2.40. The Morgan fingerprint density at radius 1 is 1.03 bits per heavy atom. The second kappa shape index (κ2) is 10.1. The minimum Gasteiger partial charge on any atom is -0.481 e. The monoisotopic (exact) mass is 478 g/mol. The maximum absolute atomic E-state index is 13.5. The highest BCUT2D eigenvalue weighted by Crippen LogP contribution is 2.44. The Morgan fingerprint density at radius 3 is 2.20 bits per heavy atom. The number of rotatable bonds is 6. The summed E-state index contributed by atoms with van der Waals surface area (Å²) < 4.78 is 5.68. The standard InChI is InChI=1S/C28H34N2O5/c1-28(2,3)25(26(33)30-15-9-8-10-18(30)16-24(31)32)29-27(34)35-17-23-21-13-6-4-11-19(21)20-12-5-7-14-22(20)23/h4-7,11-14,18,23,25H,8-10,15-17H2,1-3H3,(H,29,34)(H,31,32)/t18?,25-/m1/s1. The minimum atomic E-state index is -0.925. The van der Waals surface area contributed by atoms with Gasteiger partial charge in [0.2, 0.25) is 5.91 Å². The van der Waals surface area contributed by atoms with E-state index in [2.05, 4.69) is 29.6 Å². The normalized spacial score (nSPS) is 18.4. The number of likely N-dealkylation sites (tertiary alicyclic amines) is 1. The molecule has 2 aromatic rings. The van der Waals surface area contributed by atoms with Crippen LogP contribution >= 0.6 is 0 Å². The molecule has 0 saturated carbocycles. The first-order chi connectivity index (χ1) is 16.7. The maximum atomic E-state index is 13.5. The summed E-state index contributed by atoms with van der Waals surface area (Å²) in [4.78, 5) is 39.4. The number of hydrogen-bond acceptors (Lipinski definition) is 4. The van der Waals surface area contributed by atoms with E-state index in [0.29, 0.717) is 13.0 Å². The zero-order chi connectivity index (χ0) is 25.2. The van der Waals surface area contributed by atoms with E-state index in [0.717, 1.165) is 35.1 Å². The third-order valence-electron chi connectivity index (χ3n) is 7.04. The Balaban J connectivity index is 1.46. The molecule has 2 aromatic carbocycles. The molecule has 2 aliphatic rings. The van der Waals surface area contributed by atoms with Gasteiger partial charge < -0.3 is 20.1 Å². The molecule has 35 heavy (non-hydrogen) atoms. The van der Waals surface area contributed by atoms with E-state index in [-0.39, 0.29) is 30.9 Å². The summed E-state index contributed by atoms with van der Waals surface area (Å²) in [5, 5.41) is 12.1. The molecule has 1 saturated heterocycles. The average molecular weight is 479 g/mol. The summed E-state index contributed by atoms with van der Waals surface area (Å²) in [5.41, 5.74) is 3.96. The molecule has 1 aliphatic carbocycles. The van der Waals surface area contributed by atoms with Crippen LogP contribution in [0.4, 0.5) is 4.79 Å². The van der Waals surface area contributed by atoms with Gasteiger partial charge >= 0.3 is 12.1 Å². The molecule has 1 unspecified atom stereocenters. The van der Waals surface area contributed by atoms with Crippen LogP contribution in [0.3, 0.4) is 0 Å². The molecule has 4 rings (SSSR count). The van der Waals surface area contributed by atoms with Crippen LogP contribution in [0.5, 0.6) is 0 Å². The summed E-state index contributed by atoms with van der Waals surface area (Å²) >= 11 is 0. The van der Waals surface area contributed by atoms with Gasteiger partial charge in [-0.25, -0.2) is 4.79 Å². The predicted molar refractivity (Wildman–Crippen MR) is 133 cm³/mol. The van der Waals surface area contributed by atoms with Gasteiger partial charge in [-0.3, -0.25) is 9.59 Å². The molecular weight excluding hydrogens is 444 g/mol. The van der Waals surface area contributed by atoms with E-state index in [4.69, 9.17) is 4.74 Å². The van der Waals surface area contributed by atoms with E-state index in [9.17, 15) is 19.5 Å². The molecule has 0 spiro atoms. The van der Waals surface area contributed by atoms with Crippen molar-refractivity contribution in [2.24, 2.45) is 5.41 Å². The van der Waals surface area contributed by atoms with Gasteiger partial charge in [0.15, 0.2) is 0 Å². The van der Waals surface area contributed by atoms with Crippen LogP contribution in [0, 0.1) is 5.41 Å². The first-order valence-corrected chi connectivity index (χ1v) is 12.3. The van der Waals surface area contributed by atoms with Gasteiger partial charge in [0.05, 0.1) is 6.42 Å². The smallest absolute Gasteiger partial charge is 0.407 e. The van der Waals surface area contributed by atoms with E-state index < -0.39 is 23.5 Å². The lowest BCUT2D eigenvalue weighted by Gasteiger charge is -2.40. The number of nitrogens with zero attached hydrogens (tertiary/aromatic N) is 1. The zero-order valence-electron chi connectivity index (χ0n) is 20.6. The molecule has 1 aliphatic heterocycles. The molecule has 2 N–H and O–H groups in total. The highest BCUT2D eigenvalue weighted by atomic mass is 16.5. The fourth-order valence-corrected chi connectivity index (χ4v) is 5.28. The first-order valence-electron chi connectivity index (χ1n) is 12.3. The Labute approximate surface area is 206 Å². The number of piperidine rings is 1. The minimum absolute atomic E-state index is 0.0704. The molecule has 1 heterocycles. The van der Waals surface area contributed by atoms with Gasteiger partial charge in [-0.1, -0.05) is 69.3 Å². The van der Waals surface area contributed by atoms with Crippen molar-refractivity contribution in [1.82, 2.24) is 10.2 Å². The van der Waals surface area contributed by atoms with Crippen LogP contribution in [-0.4, -0.2) is 53.2 Å². The number of amides is 2. The number of carboxylic acid groups (broad SMARTS) is 1. The Kier molecular flexibility index (Phi) is 7.15. The third kappa shape index (κ3) is 5.34. The molecule has 2 amide bonds. The fraction of sp³-hybridized carbons (Fsp3) is 0.464. The number of carboxylic acids is 1. The Morgan fingerprint density at radius 2 is 1.63 bits per heavy atom. The zero-order valence-corrected chi connectivity index (χ0v) is 20.6. The van der Waals surface area contributed by atoms with Crippen LogP contribution in [-0.2, 0) is 14.3 Å². The van der Waals surface area contributed by atoms with E-state index in [1.807, 2.05) is 45.0 Å². The molecule has 7 heteroatoms.